The minimum absolute atomic E-state index is 0.507. The van der Waals surface area contributed by atoms with Gasteiger partial charge < -0.3 is 10.2 Å². The van der Waals surface area contributed by atoms with Crippen LogP contribution in [0.1, 0.15) is 58.4 Å². The highest BCUT2D eigenvalue weighted by Gasteiger charge is 2.28. The molecule has 1 aromatic heterocycles. The SMILES string of the molecule is CCC1CC(CC)n2nc(N3CCCCC3)nc2N1. The van der Waals surface area contributed by atoms with Crippen LogP contribution in [0.4, 0.5) is 11.9 Å². The molecule has 3 rings (SSSR count). The van der Waals surface area contributed by atoms with Gasteiger partial charge in [-0.25, -0.2) is 4.68 Å². The van der Waals surface area contributed by atoms with Gasteiger partial charge in [-0.05, 0) is 38.5 Å². The van der Waals surface area contributed by atoms with E-state index in [4.69, 9.17) is 10.1 Å². The molecule has 2 aliphatic heterocycles. The highest BCUT2D eigenvalue weighted by molar-refractivity contribution is 5.40. The van der Waals surface area contributed by atoms with Crippen LogP contribution >= 0.6 is 0 Å². The van der Waals surface area contributed by atoms with E-state index < -0.39 is 0 Å². The van der Waals surface area contributed by atoms with Gasteiger partial charge in [0.25, 0.3) is 0 Å². The normalized spacial score (nSPS) is 26.9. The molecule has 0 saturated carbocycles. The standard InChI is InChI=1S/C14H25N5/c1-3-11-10-12(4-2)19-13(15-11)16-14(17-19)18-8-6-5-7-9-18/h11-12H,3-10H2,1-2H3,(H,15,16,17). The van der Waals surface area contributed by atoms with E-state index >= 15 is 0 Å². The number of fused-ring (bicyclic) bond motifs is 1. The highest BCUT2D eigenvalue weighted by atomic mass is 15.5. The van der Waals surface area contributed by atoms with Gasteiger partial charge in [-0.2, -0.15) is 4.98 Å². The zero-order valence-electron chi connectivity index (χ0n) is 12.1. The lowest BCUT2D eigenvalue weighted by Gasteiger charge is -2.29. The lowest BCUT2D eigenvalue weighted by molar-refractivity contribution is 0.361. The number of hydrogen-bond acceptors (Lipinski definition) is 4. The van der Waals surface area contributed by atoms with E-state index in [1.54, 1.807) is 0 Å². The maximum absolute atomic E-state index is 4.76. The van der Waals surface area contributed by atoms with Crippen LogP contribution in [0, 0.1) is 0 Å². The van der Waals surface area contributed by atoms with Crippen molar-refractivity contribution >= 4 is 11.9 Å². The Morgan fingerprint density at radius 3 is 2.63 bits per heavy atom. The number of aromatic nitrogens is 3. The number of nitrogens with zero attached hydrogens (tertiary/aromatic N) is 4. The van der Waals surface area contributed by atoms with E-state index in [-0.39, 0.29) is 0 Å². The molecule has 19 heavy (non-hydrogen) atoms. The molecular weight excluding hydrogens is 238 g/mol. The van der Waals surface area contributed by atoms with Crippen LogP contribution in [0.15, 0.2) is 0 Å². The van der Waals surface area contributed by atoms with E-state index in [1.165, 1.54) is 25.7 Å². The van der Waals surface area contributed by atoms with Crippen LogP contribution in [-0.2, 0) is 0 Å². The zero-order valence-corrected chi connectivity index (χ0v) is 12.1. The molecule has 0 amide bonds. The van der Waals surface area contributed by atoms with Gasteiger partial charge in [0.05, 0.1) is 6.04 Å². The number of nitrogens with one attached hydrogen (secondary N) is 1. The predicted octanol–water partition coefficient (Wildman–Crippen LogP) is 2.81. The van der Waals surface area contributed by atoms with E-state index in [1.807, 2.05) is 0 Å². The Bertz CT molecular complexity index is 421. The van der Waals surface area contributed by atoms with Crippen LogP contribution in [0.2, 0.25) is 0 Å². The van der Waals surface area contributed by atoms with Gasteiger partial charge in [0, 0.05) is 19.1 Å². The molecule has 2 unspecified atom stereocenters. The topological polar surface area (TPSA) is 46.0 Å². The zero-order chi connectivity index (χ0) is 13.2. The molecule has 0 bridgehead atoms. The molecule has 2 atom stereocenters. The molecule has 2 aliphatic rings. The van der Waals surface area contributed by atoms with E-state index in [2.05, 4.69) is 28.7 Å². The lowest BCUT2D eigenvalue weighted by Crippen LogP contribution is -2.32. The van der Waals surface area contributed by atoms with Crippen molar-refractivity contribution in [3.63, 3.8) is 0 Å². The van der Waals surface area contributed by atoms with Crippen molar-refractivity contribution < 1.29 is 0 Å². The van der Waals surface area contributed by atoms with Gasteiger partial charge in [-0.15, -0.1) is 5.10 Å². The van der Waals surface area contributed by atoms with Crippen molar-refractivity contribution in [2.45, 2.75) is 64.5 Å². The van der Waals surface area contributed by atoms with Gasteiger partial charge in [0.15, 0.2) is 0 Å². The third kappa shape index (κ3) is 2.42. The molecule has 5 heteroatoms. The quantitative estimate of drug-likeness (QED) is 0.911. The molecule has 1 saturated heterocycles. The predicted molar refractivity (Wildman–Crippen MR) is 77.7 cm³/mol. The van der Waals surface area contributed by atoms with E-state index in [0.717, 1.165) is 37.8 Å². The molecule has 1 fully saturated rings. The summed E-state index contributed by atoms with van der Waals surface area (Å²) in [5.74, 6) is 1.91. The summed E-state index contributed by atoms with van der Waals surface area (Å²) in [6.45, 7) is 6.70. The first kappa shape index (κ1) is 12.8. The summed E-state index contributed by atoms with van der Waals surface area (Å²) in [6, 6.07) is 1.06. The molecule has 1 N–H and O–H groups in total. The maximum Gasteiger partial charge on any atom is 0.246 e. The fourth-order valence-corrected chi connectivity index (χ4v) is 3.17. The Morgan fingerprint density at radius 1 is 1.16 bits per heavy atom. The number of rotatable bonds is 3. The average Bonchev–Trinajstić information content (AvgIpc) is 2.91. The first-order valence-electron chi connectivity index (χ1n) is 7.79. The maximum atomic E-state index is 4.76. The van der Waals surface area contributed by atoms with Crippen LogP contribution in [0.25, 0.3) is 0 Å². The molecule has 1 aromatic rings. The van der Waals surface area contributed by atoms with Crippen molar-refractivity contribution in [2.75, 3.05) is 23.3 Å². The Balaban J connectivity index is 1.84. The smallest absolute Gasteiger partial charge is 0.246 e. The van der Waals surface area contributed by atoms with Gasteiger partial charge in [-0.1, -0.05) is 13.8 Å². The monoisotopic (exact) mass is 263 g/mol. The Hall–Kier alpha value is -1.26. The number of piperidine rings is 1. The number of anilines is 2. The van der Waals surface area contributed by atoms with Crippen molar-refractivity contribution in [1.29, 1.82) is 0 Å². The first-order valence-corrected chi connectivity index (χ1v) is 7.79. The summed E-state index contributed by atoms with van der Waals surface area (Å²) in [5, 5.41) is 8.30. The van der Waals surface area contributed by atoms with Crippen LogP contribution in [-0.4, -0.2) is 33.9 Å². The third-order valence-electron chi connectivity index (χ3n) is 4.46. The largest absolute Gasteiger partial charge is 0.352 e. The molecule has 0 spiro atoms. The van der Waals surface area contributed by atoms with Crippen LogP contribution in [0.5, 0.6) is 0 Å². The first-order chi connectivity index (χ1) is 9.31. The van der Waals surface area contributed by atoms with Crippen molar-refractivity contribution in [3.05, 3.63) is 0 Å². The fraction of sp³-hybridized carbons (Fsp3) is 0.857. The summed E-state index contributed by atoms with van der Waals surface area (Å²) in [6.07, 6.45) is 7.34. The Labute approximate surface area is 115 Å². The van der Waals surface area contributed by atoms with Crippen molar-refractivity contribution in [3.8, 4) is 0 Å². The second kappa shape index (κ2) is 5.39. The molecule has 5 nitrogen and oxygen atoms in total. The minimum atomic E-state index is 0.507. The van der Waals surface area contributed by atoms with Gasteiger partial charge >= 0.3 is 0 Å². The summed E-state index contributed by atoms with van der Waals surface area (Å²) >= 11 is 0. The number of hydrogen-bond donors (Lipinski definition) is 1. The third-order valence-corrected chi connectivity index (χ3v) is 4.46. The van der Waals surface area contributed by atoms with E-state index in [9.17, 15) is 0 Å². The molecule has 3 heterocycles. The summed E-state index contributed by atoms with van der Waals surface area (Å²) in [4.78, 5) is 7.07. The van der Waals surface area contributed by atoms with Gasteiger partial charge in [-0.3, -0.25) is 0 Å². The lowest BCUT2D eigenvalue weighted by atomic mass is 10.0. The Morgan fingerprint density at radius 2 is 1.95 bits per heavy atom. The molecule has 0 aromatic carbocycles. The summed E-state index contributed by atoms with van der Waals surface area (Å²) in [5.41, 5.74) is 0. The second-order valence-electron chi connectivity index (χ2n) is 5.77. The molecule has 0 aliphatic carbocycles. The second-order valence-corrected chi connectivity index (χ2v) is 5.77. The van der Waals surface area contributed by atoms with Gasteiger partial charge in [0.2, 0.25) is 11.9 Å². The van der Waals surface area contributed by atoms with Gasteiger partial charge in [0.1, 0.15) is 0 Å². The van der Waals surface area contributed by atoms with Crippen LogP contribution in [0.3, 0.4) is 0 Å². The highest BCUT2D eigenvalue weighted by Crippen LogP contribution is 2.31. The van der Waals surface area contributed by atoms with Crippen LogP contribution < -0.4 is 10.2 Å². The van der Waals surface area contributed by atoms with Crippen molar-refractivity contribution in [1.82, 2.24) is 14.8 Å². The molecule has 0 radical (unpaired) electrons. The van der Waals surface area contributed by atoms with E-state index in [0.29, 0.717) is 12.1 Å². The fourth-order valence-electron chi connectivity index (χ4n) is 3.17. The average molecular weight is 263 g/mol. The summed E-state index contributed by atoms with van der Waals surface area (Å²) in [7, 11) is 0. The minimum Gasteiger partial charge on any atom is -0.352 e. The van der Waals surface area contributed by atoms with Crippen molar-refractivity contribution in [2.24, 2.45) is 0 Å². The Kier molecular flexibility index (Phi) is 3.62. The molecule has 106 valence electrons. The summed E-state index contributed by atoms with van der Waals surface area (Å²) < 4.78 is 2.12. The molecular formula is C14H25N5.